The van der Waals surface area contributed by atoms with Crippen molar-refractivity contribution in [1.82, 2.24) is 15.1 Å². The van der Waals surface area contributed by atoms with Crippen molar-refractivity contribution in [2.75, 3.05) is 13.1 Å². The molecular formula is C30H35N3O4. The highest BCUT2D eigenvalue weighted by Gasteiger charge is 2.40. The van der Waals surface area contributed by atoms with Crippen LogP contribution in [0.15, 0.2) is 60.8 Å². The van der Waals surface area contributed by atoms with E-state index in [1.165, 1.54) is 18.4 Å². The van der Waals surface area contributed by atoms with Crippen molar-refractivity contribution in [3.63, 3.8) is 0 Å². The minimum absolute atomic E-state index is 0.0770. The van der Waals surface area contributed by atoms with Crippen LogP contribution in [0.25, 0.3) is 0 Å². The first-order chi connectivity index (χ1) is 18.0. The van der Waals surface area contributed by atoms with Crippen LogP contribution >= 0.6 is 0 Å². The Labute approximate surface area is 218 Å². The first kappa shape index (κ1) is 24.2. The first-order valence-corrected chi connectivity index (χ1v) is 13.5. The van der Waals surface area contributed by atoms with E-state index >= 15 is 0 Å². The third-order valence-electron chi connectivity index (χ3n) is 8.24. The van der Waals surface area contributed by atoms with Crippen LogP contribution in [0.3, 0.4) is 0 Å². The molecule has 7 nitrogen and oxygen atoms in total. The summed E-state index contributed by atoms with van der Waals surface area (Å²) in [4.78, 5) is 29.7. The van der Waals surface area contributed by atoms with Crippen molar-refractivity contribution in [2.45, 2.75) is 76.0 Å². The van der Waals surface area contributed by atoms with E-state index in [9.17, 15) is 9.59 Å². The fraction of sp³-hybridized carbons (Fsp3) is 0.467. The molecule has 3 fully saturated rings. The molecule has 2 saturated heterocycles. The Bertz CT molecular complexity index is 1180. The van der Waals surface area contributed by atoms with Gasteiger partial charge in [-0.1, -0.05) is 43.3 Å². The number of nitrogens with zero attached hydrogens (tertiary/aromatic N) is 2. The van der Waals surface area contributed by atoms with E-state index in [0.29, 0.717) is 37.6 Å². The Morgan fingerprint density at radius 2 is 1.81 bits per heavy atom. The van der Waals surface area contributed by atoms with Gasteiger partial charge in [0.15, 0.2) is 0 Å². The van der Waals surface area contributed by atoms with Crippen molar-refractivity contribution in [1.29, 1.82) is 0 Å². The van der Waals surface area contributed by atoms with Crippen molar-refractivity contribution in [3.8, 4) is 5.75 Å². The molecule has 2 amide bonds. The van der Waals surface area contributed by atoms with Gasteiger partial charge in [0.05, 0.1) is 12.7 Å². The Balaban J connectivity index is 1.06. The Kier molecular flexibility index (Phi) is 6.74. The molecule has 4 aliphatic rings. The summed E-state index contributed by atoms with van der Waals surface area (Å²) in [7, 11) is 0. The Morgan fingerprint density at radius 1 is 1.00 bits per heavy atom. The number of nitrogens with one attached hydrogen (secondary N) is 1. The molecule has 2 aromatic carbocycles. The average molecular weight is 502 g/mol. The molecule has 2 aromatic rings. The Morgan fingerprint density at radius 3 is 2.62 bits per heavy atom. The first-order valence-electron chi connectivity index (χ1n) is 13.5. The largest absolute Gasteiger partial charge is 0.489 e. The monoisotopic (exact) mass is 501 g/mol. The van der Waals surface area contributed by atoms with E-state index in [1.807, 2.05) is 36.4 Å². The van der Waals surface area contributed by atoms with Crippen molar-refractivity contribution in [3.05, 3.63) is 77.5 Å². The number of allylic oxidation sites excluding steroid dienone is 1. The summed E-state index contributed by atoms with van der Waals surface area (Å²) in [5.74, 6) is 0.593. The molecule has 3 aliphatic heterocycles. The number of hydrogen-bond acceptors (Lipinski definition) is 5. The maximum Gasteiger partial charge on any atom is 0.255 e. The van der Waals surface area contributed by atoms with Gasteiger partial charge in [-0.05, 0) is 61.4 Å². The highest BCUT2D eigenvalue weighted by molar-refractivity contribution is 6.01. The van der Waals surface area contributed by atoms with Gasteiger partial charge >= 0.3 is 0 Å². The molecule has 0 aromatic heterocycles. The predicted octanol–water partition coefficient (Wildman–Crippen LogP) is 4.03. The molecule has 37 heavy (non-hydrogen) atoms. The van der Waals surface area contributed by atoms with E-state index in [4.69, 9.17) is 9.47 Å². The molecule has 3 heterocycles. The number of benzene rings is 2. The van der Waals surface area contributed by atoms with Crippen molar-refractivity contribution in [2.24, 2.45) is 0 Å². The molecule has 1 N–H and O–H groups in total. The summed E-state index contributed by atoms with van der Waals surface area (Å²) in [5, 5.41) is 2.80. The van der Waals surface area contributed by atoms with Crippen LogP contribution < -0.4 is 10.1 Å². The SMILES string of the molecule is C=C1CCC(N2Cc3cc(O[C@H]4CCCC[C@H]4N4CC(OCc5ccccc5)C4)ccc3C2=O)C(=O)N1. The molecule has 7 heteroatoms. The number of fused-ring (bicyclic) bond motifs is 1. The molecular weight excluding hydrogens is 466 g/mol. The fourth-order valence-corrected chi connectivity index (χ4v) is 6.15. The smallest absolute Gasteiger partial charge is 0.255 e. The van der Waals surface area contributed by atoms with E-state index in [0.717, 1.165) is 42.9 Å². The lowest BCUT2D eigenvalue weighted by molar-refractivity contribution is -0.126. The molecule has 0 spiro atoms. The minimum Gasteiger partial charge on any atom is -0.489 e. The van der Waals surface area contributed by atoms with Gasteiger partial charge in [0.25, 0.3) is 5.91 Å². The lowest BCUT2D eigenvalue weighted by Crippen LogP contribution is -2.61. The third kappa shape index (κ3) is 5.03. The summed E-state index contributed by atoms with van der Waals surface area (Å²) in [6.07, 6.45) is 6.27. The van der Waals surface area contributed by atoms with Gasteiger partial charge < -0.3 is 19.7 Å². The second kappa shape index (κ2) is 10.3. The number of piperidine rings is 1. The van der Waals surface area contributed by atoms with Crippen LogP contribution in [0.2, 0.25) is 0 Å². The summed E-state index contributed by atoms with van der Waals surface area (Å²) < 4.78 is 12.7. The molecule has 1 aliphatic carbocycles. The standard InChI is InChI=1S/C30H35N3O4/c1-20-11-14-27(29(34)31-20)33-16-22-15-23(12-13-25(22)30(33)35)37-28-10-6-5-9-26(28)32-17-24(18-32)36-19-21-7-3-2-4-8-21/h2-4,7-8,12-13,15,24,26-28H,1,5-6,9-11,14,16-19H2,(H,31,34)/t26-,27?,28+/m1/s1. The van der Waals surface area contributed by atoms with Crippen LogP contribution in [0.4, 0.5) is 0 Å². The van der Waals surface area contributed by atoms with Crippen LogP contribution in [-0.4, -0.2) is 59.0 Å². The zero-order valence-electron chi connectivity index (χ0n) is 21.2. The van der Waals surface area contributed by atoms with Crippen molar-refractivity contribution >= 4 is 11.8 Å². The summed E-state index contributed by atoms with van der Waals surface area (Å²) >= 11 is 0. The number of carbonyl (C=O) groups excluding carboxylic acids is 2. The van der Waals surface area contributed by atoms with Gasteiger partial charge in [-0.2, -0.15) is 0 Å². The molecule has 3 atom stereocenters. The second-order valence-corrected chi connectivity index (χ2v) is 10.8. The van der Waals surface area contributed by atoms with Gasteiger partial charge in [-0.3, -0.25) is 14.5 Å². The highest BCUT2D eigenvalue weighted by Crippen LogP contribution is 2.34. The van der Waals surface area contributed by atoms with Crippen LogP contribution in [0.1, 0.15) is 60.0 Å². The minimum atomic E-state index is -0.444. The number of amides is 2. The molecule has 0 bridgehead atoms. The second-order valence-electron chi connectivity index (χ2n) is 10.8. The molecule has 1 unspecified atom stereocenters. The topological polar surface area (TPSA) is 71.1 Å². The summed E-state index contributed by atoms with van der Waals surface area (Å²) in [6.45, 7) is 6.83. The Hall–Kier alpha value is -3.16. The van der Waals surface area contributed by atoms with Crippen LogP contribution in [-0.2, 0) is 22.7 Å². The lowest BCUT2D eigenvalue weighted by atomic mass is 9.89. The normalized spacial score (nSPS) is 26.5. The van der Waals surface area contributed by atoms with Crippen LogP contribution in [0.5, 0.6) is 5.75 Å². The lowest BCUT2D eigenvalue weighted by Gasteiger charge is -2.48. The number of likely N-dealkylation sites (tertiary alicyclic amines) is 1. The van der Waals surface area contributed by atoms with Gasteiger partial charge in [0.2, 0.25) is 5.91 Å². The van der Waals surface area contributed by atoms with E-state index in [2.05, 4.69) is 28.9 Å². The fourth-order valence-electron chi connectivity index (χ4n) is 6.15. The predicted molar refractivity (Wildman–Crippen MR) is 140 cm³/mol. The van der Waals surface area contributed by atoms with E-state index in [1.54, 1.807) is 4.90 Å². The number of carbonyl (C=O) groups is 2. The summed E-state index contributed by atoms with van der Waals surface area (Å²) in [5.41, 5.74) is 3.54. The highest BCUT2D eigenvalue weighted by atomic mass is 16.5. The summed E-state index contributed by atoms with van der Waals surface area (Å²) in [6, 6.07) is 16.0. The van der Waals surface area contributed by atoms with Gasteiger partial charge in [-0.25, -0.2) is 0 Å². The zero-order valence-corrected chi connectivity index (χ0v) is 21.2. The number of ether oxygens (including phenoxy) is 2. The van der Waals surface area contributed by atoms with E-state index < -0.39 is 6.04 Å². The van der Waals surface area contributed by atoms with E-state index in [-0.39, 0.29) is 24.0 Å². The van der Waals surface area contributed by atoms with Gasteiger partial charge in [0.1, 0.15) is 17.9 Å². The van der Waals surface area contributed by atoms with Gasteiger partial charge in [-0.15, -0.1) is 0 Å². The van der Waals surface area contributed by atoms with Crippen molar-refractivity contribution < 1.29 is 19.1 Å². The third-order valence-corrected chi connectivity index (χ3v) is 8.24. The van der Waals surface area contributed by atoms with Gasteiger partial charge in [0, 0.05) is 36.9 Å². The molecule has 0 radical (unpaired) electrons. The number of hydrogen-bond donors (Lipinski definition) is 1. The number of rotatable bonds is 7. The average Bonchev–Trinajstić information content (AvgIpc) is 3.20. The molecule has 1 saturated carbocycles. The maximum atomic E-state index is 13.1. The zero-order chi connectivity index (χ0) is 25.4. The molecule has 194 valence electrons. The van der Waals surface area contributed by atoms with Crippen LogP contribution in [0, 0.1) is 0 Å². The molecule has 6 rings (SSSR count). The quantitative estimate of drug-likeness (QED) is 0.621. The maximum absolute atomic E-state index is 13.1.